The molecular weight excluding hydrogens is 206 g/mol. The van der Waals surface area contributed by atoms with Gasteiger partial charge < -0.3 is 9.67 Å². The SMILES string of the molecule is C=CCn1c(C(C)=O)cc(C(=O)O)c1CC. The monoisotopic (exact) mass is 221 g/mol. The van der Waals surface area contributed by atoms with E-state index in [-0.39, 0.29) is 11.3 Å². The summed E-state index contributed by atoms with van der Waals surface area (Å²) >= 11 is 0. The van der Waals surface area contributed by atoms with Crippen LogP contribution in [-0.2, 0) is 13.0 Å². The van der Waals surface area contributed by atoms with Crippen molar-refractivity contribution < 1.29 is 14.7 Å². The van der Waals surface area contributed by atoms with E-state index < -0.39 is 5.97 Å². The summed E-state index contributed by atoms with van der Waals surface area (Å²) in [6.45, 7) is 7.35. The van der Waals surface area contributed by atoms with Gasteiger partial charge in [0.25, 0.3) is 0 Å². The smallest absolute Gasteiger partial charge is 0.337 e. The number of carboxylic acid groups (broad SMARTS) is 1. The normalized spacial score (nSPS) is 10.1. The molecule has 0 radical (unpaired) electrons. The van der Waals surface area contributed by atoms with Crippen molar-refractivity contribution in [3.05, 3.63) is 35.7 Å². The third-order valence-electron chi connectivity index (χ3n) is 2.45. The second-order valence-corrected chi connectivity index (χ2v) is 3.50. The fourth-order valence-electron chi connectivity index (χ4n) is 1.78. The number of Topliss-reactive ketones (excluding diaryl/α,β-unsaturated/α-hetero) is 1. The molecule has 0 saturated heterocycles. The van der Waals surface area contributed by atoms with Crippen molar-refractivity contribution in [3.63, 3.8) is 0 Å². The summed E-state index contributed by atoms with van der Waals surface area (Å²) in [5.74, 6) is -1.13. The first-order valence-corrected chi connectivity index (χ1v) is 5.10. The van der Waals surface area contributed by atoms with Crippen LogP contribution in [0.3, 0.4) is 0 Å². The summed E-state index contributed by atoms with van der Waals surface area (Å²) in [4.78, 5) is 22.4. The van der Waals surface area contributed by atoms with Gasteiger partial charge in [-0.2, -0.15) is 0 Å². The summed E-state index contributed by atoms with van der Waals surface area (Å²) in [7, 11) is 0. The quantitative estimate of drug-likeness (QED) is 0.612. The highest BCUT2D eigenvalue weighted by molar-refractivity contribution is 5.97. The molecule has 1 aromatic heterocycles. The minimum absolute atomic E-state index is 0.135. The Kier molecular flexibility index (Phi) is 3.66. The molecule has 1 aromatic rings. The van der Waals surface area contributed by atoms with Gasteiger partial charge in [0.05, 0.1) is 11.3 Å². The zero-order chi connectivity index (χ0) is 12.3. The molecule has 0 bridgehead atoms. The average Bonchev–Trinajstić information content (AvgIpc) is 2.57. The fourth-order valence-corrected chi connectivity index (χ4v) is 1.78. The summed E-state index contributed by atoms with van der Waals surface area (Å²) in [6, 6.07) is 1.44. The Hall–Kier alpha value is -1.84. The molecule has 86 valence electrons. The molecule has 0 unspecified atom stereocenters. The number of allylic oxidation sites excluding steroid dienone is 1. The number of carboxylic acids is 1. The van der Waals surface area contributed by atoms with Crippen molar-refractivity contribution in [1.29, 1.82) is 0 Å². The lowest BCUT2D eigenvalue weighted by Gasteiger charge is -2.08. The van der Waals surface area contributed by atoms with E-state index in [2.05, 4.69) is 6.58 Å². The van der Waals surface area contributed by atoms with Crippen LogP contribution in [0.5, 0.6) is 0 Å². The number of aromatic nitrogens is 1. The van der Waals surface area contributed by atoms with Crippen molar-refractivity contribution in [2.75, 3.05) is 0 Å². The first kappa shape index (κ1) is 12.2. The maximum absolute atomic E-state index is 11.4. The van der Waals surface area contributed by atoms with Crippen LogP contribution in [-0.4, -0.2) is 21.4 Å². The highest BCUT2D eigenvalue weighted by Gasteiger charge is 2.19. The zero-order valence-corrected chi connectivity index (χ0v) is 9.49. The molecule has 0 aliphatic heterocycles. The lowest BCUT2D eigenvalue weighted by atomic mass is 10.2. The van der Waals surface area contributed by atoms with E-state index in [0.717, 1.165) is 0 Å². The van der Waals surface area contributed by atoms with E-state index >= 15 is 0 Å². The Bertz CT molecular complexity index is 443. The fraction of sp³-hybridized carbons (Fsp3) is 0.333. The van der Waals surface area contributed by atoms with Crippen LogP contribution in [0.15, 0.2) is 18.7 Å². The van der Waals surface area contributed by atoms with Crippen molar-refractivity contribution in [2.24, 2.45) is 0 Å². The maximum Gasteiger partial charge on any atom is 0.337 e. The van der Waals surface area contributed by atoms with Crippen LogP contribution in [0.4, 0.5) is 0 Å². The molecule has 0 fully saturated rings. The molecular formula is C12H15NO3. The first-order chi connectivity index (χ1) is 7.52. The van der Waals surface area contributed by atoms with Crippen LogP contribution in [0.25, 0.3) is 0 Å². The maximum atomic E-state index is 11.4. The lowest BCUT2D eigenvalue weighted by Crippen LogP contribution is -2.09. The third kappa shape index (κ3) is 2.05. The third-order valence-corrected chi connectivity index (χ3v) is 2.45. The van der Waals surface area contributed by atoms with E-state index in [4.69, 9.17) is 5.11 Å². The minimum atomic E-state index is -0.998. The van der Waals surface area contributed by atoms with Crippen LogP contribution in [0.1, 0.15) is 40.4 Å². The molecule has 1 heterocycles. The molecule has 4 nitrogen and oxygen atoms in total. The second kappa shape index (κ2) is 4.79. The Morgan fingerprint density at radius 1 is 1.56 bits per heavy atom. The standard InChI is InChI=1S/C12H15NO3/c1-4-6-13-10(5-2)9(12(15)16)7-11(13)8(3)14/h4,7H,1,5-6H2,2-3H3,(H,15,16). The Labute approximate surface area is 94.2 Å². The Morgan fingerprint density at radius 2 is 2.19 bits per heavy atom. The number of nitrogens with zero attached hydrogens (tertiary/aromatic N) is 1. The van der Waals surface area contributed by atoms with Gasteiger partial charge in [-0.05, 0) is 12.5 Å². The highest BCUT2D eigenvalue weighted by atomic mass is 16.4. The van der Waals surface area contributed by atoms with Crippen molar-refractivity contribution in [2.45, 2.75) is 26.8 Å². The summed E-state index contributed by atoms with van der Waals surface area (Å²) in [5, 5.41) is 9.03. The molecule has 0 aliphatic rings. The van der Waals surface area contributed by atoms with Crippen LogP contribution in [0.2, 0.25) is 0 Å². The van der Waals surface area contributed by atoms with Crippen LogP contribution < -0.4 is 0 Å². The predicted octanol–water partition coefficient (Wildman–Crippen LogP) is 2.14. The summed E-state index contributed by atoms with van der Waals surface area (Å²) in [5.41, 5.74) is 1.29. The molecule has 0 saturated carbocycles. The van der Waals surface area contributed by atoms with E-state index in [0.29, 0.717) is 24.4 Å². The van der Waals surface area contributed by atoms with Crippen molar-refractivity contribution in [3.8, 4) is 0 Å². The second-order valence-electron chi connectivity index (χ2n) is 3.50. The van der Waals surface area contributed by atoms with Gasteiger partial charge in [-0.25, -0.2) is 4.79 Å². The number of aromatic carboxylic acids is 1. The molecule has 0 amide bonds. The molecule has 0 spiro atoms. The number of hydrogen-bond donors (Lipinski definition) is 1. The van der Waals surface area contributed by atoms with Crippen LogP contribution in [0, 0.1) is 0 Å². The van der Waals surface area contributed by atoms with Gasteiger partial charge >= 0.3 is 5.97 Å². The van der Waals surface area contributed by atoms with Gasteiger partial charge in [0.15, 0.2) is 5.78 Å². The van der Waals surface area contributed by atoms with Gasteiger partial charge in [-0.1, -0.05) is 13.0 Å². The van der Waals surface area contributed by atoms with E-state index in [9.17, 15) is 9.59 Å². The summed E-state index contributed by atoms with van der Waals surface area (Å²) < 4.78 is 1.71. The lowest BCUT2D eigenvalue weighted by molar-refractivity contribution is 0.0695. The van der Waals surface area contributed by atoms with Crippen molar-refractivity contribution >= 4 is 11.8 Å². The largest absolute Gasteiger partial charge is 0.478 e. The van der Waals surface area contributed by atoms with Crippen molar-refractivity contribution in [1.82, 2.24) is 4.57 Å². The Balaban J connectivity index is 3.44. The molecule has 16 heavy (non-hydrogen) atoms. The van der Waals surface area contributed by atoms with E-state index in [1.54, 1.807) is 10.6 Å². The van der Waals surface area contributed by atoms with Crippen LogP contribution >= 0.6 is 0 Å². The number of ketones is 1. The van der Waals surface area contributed by atoms with Gasteiger partial charge in [0.1, 0.15) is 0 Å². The predicted molar refractivity (Wildman–Crippen MR) is 61.0 cm³/mol. The number of rotatable bonds is 5. The van der Waals surface area contributed by atoms with Gasteiger partial charge in [0.2, 0.25) is 0 Å². The molecule has 0 atom stereocenters. The highest BCUT2D eigenvalue weighted by Crippen LogP contribution is 2.18. The number of hydrogen-bond acceptors (Lipinski definition) is 2. The minimum Gasteiger partial charge on any atom is -0.478 e. The molecule has 1 N–H and O–H groups in total. The Morgan fingerprint density at radius 3 is 2.56 bits per heavy atom. The topological polar surface area (TPSA) is 59.3 Å². The molecule has 4 heteroatoms. The first-order valence-electron chi connectivity index (χ1n) is 5.10. The van der Waals surface area contributed by atoms with E-state index in [1.807, 2.05) is 6.92 Å². The van der Waals surface area contributed by atoms with Gasteiger partial charge in [-0.15, -0.1) is 6.58 Å². The summed E-state index contributed by atoms with van der Waals surface area (Å²) in [6.07, 6.45) is 2.22. The zero-order valence-electron chi connectivity index (χ0n) is 9.49. The average molecular weight is 221 g/mol. The van der Waals surface area contributed by atoms with Gasteiger partial charge in [-0.3, -0.25) is 4.79 Å². The number of carbonyl (C=O) groups is 2. The molecule has 1 rings (SSSR count). The van der Waals surface area contributed by atoms with Gasteiger partial charge in [0, 0.05) is 19.2 Å². The molecule has 0 aromatic carbocycles. The number of carbonyl (C=O) groups excluding carboxylic acids is 1. The molecule has 0 aliphatic carbocycles. The van der Waals surface area contributed by atoms with E-state index in [1.165, 1.54) is 13.0 Å².